The highest BCUT2D eigenvalue weighted by molar-refractivity contribution is 4.82. The summed E-state index contributed by atoms with van der Waals surface area (Å²) in [6.45, 7) is 7.91. The van der Waals surface area contributed by atoms with Gasteiger partial charge in [0, 0.05) is 12.1 Å². The van der Waals surface area contributed by atoms with E-state index in [0.717, 1.165) is 17.9 Å². The lowest BCUT2D eigenvalue weighted by Crippen LogP contribution is -2.40. The molecule has 0 saturated heterocycles. The Morgan fingerprint density at radius 2 is 2.07 bits per heavy atom. The summed E-state index contributed by atoms with van der Waals surface area (Å²) < 4.78 is 0. The van der Waals surface area contributed by atoms with E-state index >= 15 is 0 Å². The molecule has 15 heavy (non-hydrogen) atoms. The quantitative estimate of drug-likeness (QED) is 0.735. The van der Waals surface area contributed by atoms with Gasteiger partial charge in [-0.1, -0.05) is 26.7 Å². The average Bonchev–Trinajstić information content (AvgIpc) is 2.26. The molecule has 0 amide bonds. The lowest BCUT2D eigenvalue weighted by atomic mass is 9.82. The third-order valence-corrected chi connectivity index (χ3v) is 3.91. The van der Waals surface area contributed by atoms with E-state index in [2.05, 4.69) is 26.1 Å². The summed E-state index contributed by atoms with van der Waals surface area (Å²) in [5.41, 5.74) is 5.98. The van der Waals surface area contributed by atoms with E-state index < -0.39 is 0 Å². The first kappa shape index (κ1) is 13.0. The third kappa shape index (κ3) is 4.52. The molecule has 3 N–H and O–H groups in total. The first-order valence-corrected chi connectivity index (χ1v) is 6.62. The molecule has 1 aliphatic carbocycles. The smallest absolute Gasteiger partial charge is 0.00703 e. The lowest BCUT2D eigenvalue weighted by Gasteiger charge is -2.32. The maximum atomic E-state index is 5.98. The Kier molecular flexibility index (Phi) is 5.62. The van der Waals surface area contributed by atoms with Crippen LogP contribution in [0.5, 0.6) is 0 Å². The zero-order valence-corrected chi connectivity index (χ0v) is 10.6. The molecule has 1 rings (SSSR count). The van der Waals surface area contributed by atoms with Gasteiger partial charge in [-0.25, -0.2) is 0 Å². The predicted octanol–water partition coefficient (Wildman–Crippen LogP) is 2.53. The third-order valence-electron chi connectivity index (χ3n) is 3.91. The van der Waals surface area contributed by atoms with Gasteiger partial charge in [-0.3, -0.25) is 0 Å². The van der Waals surface area contributed by atoms with Crippen LogP contribution in [0.1, 0.15) is 52.9 Å². The minimum absolute atomic E-state index is 0.373. The van der Waals surface area contributed by atoms with Gasteiger partial charge in [-0.05, 0) is 44.6 Å². The molecule has 0 aliphatic heterocycles. The molecule has 0 aromatic carbocycles. The van der Waals surface area contributed by atoms with Crippen molar-refractivity contribution in [2.45, 2.75) is 65.0 Å². The second-order valence-electron chi connectivity index (χ2n) is 5.40. The average molecular weight is 212 g/mol. The van der Waals surface area contributed by atoms with Crippen LogP contribution in [0.3, 0.4) is 0 Å². The monoisotopic (exact) mass is 212 g/mol. The van der Waals surface area contributed by atoms with Crippen LogP contribution in [0.15, 0.2) is 0 Å². The molecule has 1 aliphatic rings. The van der Waals surface area contributed by atoms with Crippen LogP contribution in [0.4, 0.5) is 0 Å². The summed E-state index contributed by atoms with van der Waals surface area (Å²) in [6, 6.07) is 1.10. The summed E-state index contributed by atoms with van der Waals surface area (Å²) >= 11 is 0. The molecule has 1 fully saturated rings. The van der Waals surface area contributed by atoms with Crippen LogP contribution in [-0.4, -0.2) is 18.6 Å². The Hall–Kier alpha value is -0.0800. The summed E-state index contributed by atoms with van der Waals surface area (Å²) in [4.78, 5) is 0. The van der Waals surface area contributed by atoms with Gasteiger partial charge in [-0.15, -0.1) is 0 Å². The zero-order chi connectivity index (χ0) is 11.3. The molecule has 0 radical (unpaired) electrons. The standard InChI is InChI=1S/C13H28N2/c1-4-10(2)9-15-13-7-5-6-12(8-13)11(3)14/h10-13,15H,4-9,14H2,1-3H3/t10?,11-,12+,13-/m0/s1. The van der Waals surface area contributed by atoms with Crippen LogP contribution in [0.2, 0.25) is 0 Å². The van der Waals surface area contributed by atoms with E-state index in [1.54, 1.807) is 0 Å². The van der Waals surface area contributed by atoms with Crippen molar-refractivity contribution in [3.05, 3.63) is 0 Å². The SMILES string of the molecule is CCC(C)CN[C@H]1CCC[C@@H]([C@H](C)N)C1. The molecule has 2 nitrogen and oxygen atoms in total. The van der Waals surface area contributed by atoms with Gasteiger partial charge in [0.1, 0.15) is 0 Å². The van der Waals surface area contributed by atoms with Crippen LogP contribution >= 0.6 is 0 Å². The van der Waals surface area contributed by atoms with Crippen LogP contribution < -0.4 is 11.1 Å². The van der Waals surface area contributed by atoms with Crippen LogP contribution in [0, 0.1) is 11.8 Å². The first-order valence-electron chi connectivity index (χ1n) is 6.62. The topological polar surface area (TPSA) is 38.0 Å². The molecular formula is C13H28N2. The highest BCUT2D eigenvalue weighted by Gasteiger charge is 2.24. The minimum atomic E-state index is 0.373. The molecule has 0 aromatic heterocycles. The van der Waals surface area contributed by atoms with Gasteiger partial charge in [-0.2, -0.15) is 0 Å². The summed E-state index contributed by atoms with van der Waals surface area (Å²) in [7, 11) is 0. The molecule has 0 heterocycles. The fourth-order valence-corrected chi connectivity index (χ4v) is 2.40. The molecule has 0 bridgehead atoms. The van der Waals surface area contributed by atoms with E-state index in [4.69, 9.17) is 5.73 Å². The normalized spacial score (nSPS) is 31.2. The lowest BCUT2D eigenvalue weighted by molar-refractivity contribution is 0.252. The number of hydrogen-bond donors (Lipinski definition) is 2. The highest BCUT2D eigenvalue weighted by Crippen LogP contribution is 2.26. The van der Waals surface area contributed by atoms with E-state index in [1.165, 1.54) is 38.6 Å². The van der Waals surface area contributed by atoms with Gasteiger partial charge in [0.15, 0.2) is 0 Å². The summed E-state index contributed by atoms with van der Waals surface area (Å²) in [6.07, 6.45) is 6.59. The van der Waals surface area contributed by atoms with Crippen molar-refractivity contribution in [3.63, 3.8) is 0 Å². The molecule has 1 saturated carbocycles. The molecule has 4 atom stereocenters. The molecule has 90 valence electrons. The Morgan fingerprint density at radius 1 is 1.33 bits per heavy atom. The van der Waals surface area contributed by atoms with Gasteiger partial charge in [0.25, 0.3) is 0 Å². The van der Waals surface area contributed by atoms with E-state index in [9.17, 15) is 0 Å². The summed E-state index contributed by atoms with van der Waals surface area (Å²) in [5.74, 6) is 1.55. The van der Waals surface area contributed by atoms with Gasteiger partial charge in [0.05, 0.1) is 0 Å². The maximum Gasteiger partial charge on any atom is 0.00703 e. The fourth-order valence-electron chi connectivity index (χ4n) is 2.40. The van der Waals surface area contributed by atoms with Crippen molar-refractivity contribution in [2.75, 3.05) is 6.54 Å². The van der Waals surface area contributed by atoms with Gasteiger partial charge < -0.3 is 11.1 Å². The first-order chi connectivity index (χ1) is 7.13. The van der Waals surface area contributed by atoms with Crippen molar-refractivity contribution in [1.82, 2.24) is 5.32 Å². The Labute approximate surface area is 95.0 Å². The highest BCUT2D eigenvalue weighted by atomic mass is 14.9. The number of nitrogens with one attached hydrogen (secondary N) is 1. The minimum Gasteiger partial charge on any atom is -0.328 e. The van der Waals surface area contributed by atoms with E-state index in [0.29, 0.717) is 6.04 Å². The second kappa shape index (κ2) is 6.49. The largest absolute Gasteiger partial charge is 0.328 e. The van der Waals surface area contributed by atoms with Crippen molar-refractivity contribution in [1.29, 1.82) is 0 Å². The predicted molar refractivity (Wildman–Crippen MR) is 66.9 cm³/mol. The van der Waals surface area contributed by atoms with Gasteiger partial charge >= 0.3 is 0 Å². The van der Waals surface area contributed by atoms with E-state index in [1.807, 2.05) is 0 Å². The summed E-state index contributed by atoms with van der Waals surface area (Å²) in [5, 5.41) is 3.70. The molecule has 1 unspecified atom stereocenters. The van der Waals surface area contributed by atoms with Crippen molar-refractivity contribution in [3.8, 4) is 0 Å². The Bertz CT molecular complexity index is 168. The van der Waals surface area contributed by atoms with Crippen molar-refractivity contribution >= 4 is 0 Å². The van der Waals surface area contributed by atoms with Crippen LogP contribution in [-0.2, 0) is 0 Å². The second-order valence-corrected chi connectivity index (χ2v) is 5.40. The Balaban J connectivity index is 2.24. The van der Waals surface area contributed by atoms with Crippen molar-refractivity contribution in [2.24, 2.45) is 17.6 Å². The maximum absolute atomic E-state index is 5.98. The number of rotatable bonds is 5. The van der Waals surface area contributed by atoms with Crippen molar-refractivity contribution < 1.29 is 0 Å². The zero-order valence-electron chi connectivity index (χ0n) is 10.6. The van der Waals surface area contributed by atoms with E-state index in [-0.39, 0.29) is 0 Å². The van der Waals surface area contributed by atoms with Crippen LogP contribution in [0.25, 0.3) is 0 Å². The molecule has 0 spiro atoms. The number of nitrogens with two attached hydrogens (primary N) is 1. The molecule has 0 aromatic rings. The molecular weight excluding hydrogens is 184 g/mol. The fraction of sp³-hybridized carbons (Fsp3) is 1.00. The molecule has 2 heteroatoms. The van der Waals surface area contributed by atoms with Gasteiger partial charge in [0.2, 0.25) is 0 Å². The Morgan fingerprint density at radius 3 is 2.67 bits per heavy atom. The number of hydrogen-bond acceptors (Lipinski definition) is 2.